The van der Waals surface area contributed by atoms with Crippen LogP contribution in [0.2, 0.25) is 0 Å². The fourth-order valence-electron chi connectivity index (χ4n) is 7.57. The minimum absolute atomic E-state index is 0.0553. The van der Waals surface area contributed by atoms with Crippen LogP contribution in [0.1, 0.15) is 72.1 Å². The number of rotatable bonds is 7. The normalized spacial score (nSPS) is 41.1. The van der Waals surface area contributed by atoms with Gasteiger partial charge in [0, 0.05) is 23.7 Å². The molecule has 3 fully saturated rings. The molecule has 4 aliphatic rings. The molecule has 0 radical (unpaired) electrons. The highest BCUT2D eigenvalue weighted by atomic mass is 16.5. The van der Waals surface area contributed by atoms with Crippen LogP contribution in [0.4, 0.5) is 0 Å². The highest BCUT2D eigenvalue weighted by Crippen LogP contribution is 2.66. The third-order valence-corrected chi connectivity index (χ3v) is 9.11. The Labute approximate surface area is 186 Å². The van der Waals surface area contributed by atoms with E-state index in [9.17, 15) is 14.7 Å². The van der Waals surface area contributed by atoms with Crippen LogP contribution in [-0.4, -0.2) is 29.4 Å². The summed E-state index contributed by atoms with van der Waals surface area (Å²) in [6.45, 7) is 10.6. The van der Waals surface area contributed by atoms with Gasteiger partial charge in [0.2, 0.25) is 0 Å². The lowest BCUT2D eigenvalue weighted by Gasteiger charge is -2.58. The first kappa shape index (κ1) is 22.5. The Hall–Kier alpha value is -1.68. The van der Waals surface area contributed by atoms with Crippen LogP contribution in [0.15, 0.2) is 36.1 Å². The number of fused-ring (bicyclic) bond motifs is 5. The van der Waals surface area contributed by atoms with E-state index in [1.165, 1.54) is 5.57 Å². The van der Waals surface area contributed by atoms with Crippen molar-refractivity contribution in [1.82, 2.24) is 0 Å². The SMILES string of the molecule is C=C(CCCC)OCC(=O)C1CCC2C3CCC4=CC(=O)C=CC4(C)C3C(O)CC12C. The van der Waals surface area contributed by atoms with Crippen molar-refractivity contribution in [2.45, 2.75) is 78.2 Å². The predicted octanol–water partition coefficient (Wildman–Crippen LogP) is 5.17. The molecule has 0 aromatic heterocycles. The fourth-order valence-corrected chi connectivity index (χ4v) is 7.57. The zero-order chi connectivity index (χ0) is 22.4. The Morgan fingerprint density at radius 3 is 2.81 bits per heavy atom. The highest BCUT2D eigenvalue weighted by molar-refractivity contribution is 6.01. The van der Waals surface area contributed by atoms with Gasteiger partial charge in [-0.1, -0.05) is 45.4 Å². The number of hydrogen-bond acceptors (Lipinski definition) is 4. The minimum atomic E-state index is -0.466. The molecule has 3 saturated carbocycles. The molecule has 7 unspecified atom stereocenters. The fraction of sp³-hybridized carbons (Fsp3) is 0.704. The monoisotopic (exact) mass is 426 g/mol. The lowest BCUT2D eigenvalue weighted by molar-refractivity contribution is -0.141. The van der Waals surface area contributed by atoms with Crippen molar-refractivity contribution in [3.8, 4) is 0 Å². The summed E-state index contributed by atoms with van der Waals surface area (Å²) in [5, 5.41) is 11.4. The molecule has 4 nitrogen and oxygen atoms in total. The zero-order valence-corrected chi connectivity index (χ0v) is 19.4. The van der Waals surface area contributed by atoms with Crippen molar-refractivity contribution in [3.05, 3.63) is 36.1 Å². The summed E-state index contributed by atoms with van der Waals surface area (Å²) < 4.78 is 5.72. The Morgan fingerprint density at radius 1 is 1.29 bits per heavy atom. The quantitative estimate of drug-likeness (QED) is 0.570. The average molecular weight is 427 g/mol. The highest BCUT2D eigenvalue weighted by Gasteiger charge is 2.62. The van der Waals surface area contributed by atoms with Crippen molar-refractivity contribution < 1.29 is 19.4 Å². The van der Waals surface area contributed by atoms with E-state index in [-0.39, 0.29) is 40.8 Å². The van der Waals surface area contributed by atoms with E-state index in [1.54, 1.807) is 12.2 Å². The van der Waals surface area contributed by atoms with Crippen molar-refractivity contribution in [3.63, 3.8) is 0 Å². The largest absolute Gasteiger partial charge is 0.491 e. The van der Waals surface area contributed by atoms with E-state index < -0.39 is 6.10 Å². The Morgan fingerprint density at radius 2 is 2.06 bits per heavy atom. The zero-order valence-electron chi connectivity index (χ0n) is 19.4. The number of ether oxygens (including phenoxy) is 1. The first-order chi connectivity index (χ1) is 14.7. The average Bonchev–Trinajstić information content (AvgIpc) is 3.07. The molecule has 0 heterocycles. The molecule has 0 spiro atoms. The van der Waals surface area contributed by atoms with Gasteiger partial charge in [-0.25, -0.2) is 0 Å². The number of allylic oxidation sites excluding steroid dienone is 5. The Kier molecular flexibility index (Phi) is 6.06. The van der Waals surface area contributed by atoms with Crippen molar-refractivity contribution in [1.29, 1.82) is 0 Å². The first-order valence-electron chi connectivity index (χ1n) is 12.2. The number of carbonyl (C=O) groups is 2. The van der Waals surface area contributed by atoms with E-state index >= 15 is 0 Å². The van der Waals surface area contributed by atoms with Crippen LogP contribution in [0.25, 0.3) is 0 Å². The van der Waals surface area contributed by atoms with Gasteiger partial charge in [0.25, 0.3) is 0 Å². The molecular formula is C27H38O4. The first-order valence-corrected chi connectivity index (χ1v) is 12.2. The molecule has 170 valence electrons. The summed E-state index contributed by atoms with van der Waals surface area (Å²) >= 11 is 0. The Balaban J connectivity index is 1.51. The van der Waals surface area contributed by atoms with Gasteiger partial charge in [-0.2, -0.15) is 0 Å². The van der Waals surface area contributed by atoms with Gasteiger partial charge >= 0.3 is 0 Å². The van der Waals surface area contributed by atoms with Crippen LogP contribution in [-0.2, 0) is 14.3 Å². The molecule has 31 heavy (non-hydrogen) atoms. The lowest BCUT2D eigenvalue weighted by Crippen LogP contribution is -2.56. The van der Waals surface area contributed by atoms with Gasteiger partial charge in [0.15, 0.2) is 11.6 Å². The second kappa shape index (κ2) is 8.35. The molecule has 0 amide bonds. The predicted molar refractivity (Wildman–Crippen MR) is 121 cm³/mol. The molecule has 0 aromatic rings. The van der Waals surface area contributed by atoms with Crippen molar-refractivity contribution in [2.24, 2.45) is 34.5 Å². The van der Waals surface area contributed by atoms with Gasteiger partial charge in [-0.3, -0.25) is 9.59 Å². The third-order valence-electron chi connectivity index (χ3n) is 9.11. The molecule has 7 atom stereocenters. The van der Waals surface area contributed by atoms with Crippen molar-refractivity contribution >= 4 is 11.6 Å². The summed E-state index contributed by atoms with van der Waals surface area (Å²) in [6, 6.07) is 0. The van der Waals surface area contributed by atoms with Crippen LogP contribution in [0.5, 0.6) is 0 Å². The number of ketones is 2. The lowest BCUT2D eigenvalue weighted by atomic mass is 9.46. The second-order valence-corrected chi connectivity index (χ2v) is 10.8. The summed E-state index contributed by atoms with van der Waals surface area (Å²) in [5.41, 5.74) is 0.741. The van der Waals surface area contributed by atoms with Gasteiger partial charge < -0.3 is 9.84 Å². The summed E-state index contributed by atoms with van der Waals surface area (Å²) in [5.74, 6) is 1.81. The molecule has 0 saturated heterocycles. The van der Waals surface area contributed by atoms with E-state index in [2.05, 4.69) is 27.4 Å². The van der Waals surface area contributed by atoms with Gasteiger partial charge in [0.05, 0.1) is 11.9 Å². The van der Waals surface area contributed by atoms with E-state index in [1.807, 2.05) is 6.08 Å². The van der Waals surface area contributed by atoms with Gasteiger partial charge in [-0.15, -0.1) is 0 Å². The van der Waals surface area contributed by atoms with Crippen LogP contribution < -0.4 is 0 Å². The molecule has 0 bridgehead atoms. The summed E-state index contributed by atoms with van der Waals surface area (Å²) in [6.07, 6.45) is 12.4. The van der Waals surface area contributed by atoms with Gasteiger partial charge in [0.1, 0.15) is 6.61 Å². The van der Waals surface area contributed by atoms with Gasteiger partial charge in [-0.05, 0) is 67.9 Å². The van der Waals surface area contributed by atoms with E-state index in [4.69, 9.17) is 4.74 Å². The number of aliphatic hydroxyl groups excluding tert-OH is 1. The molecule has 1 N–H and O–H groups in total. The second-order valence-electron chi connectivity index (χ2n) is 10.8. The molecule has 4 heteroatoms. The number of carbonyl (C=O) groups excluding carboxylic acids is 2. The number of Topliss-reactive ketones (excluding diaryl/α,β-unsaturated/α-hetero) is 1. The van der Waals surface area contributed by atoms with Crippen molar-refractivity contribution in [2.75, 3.05) is 6.61 Å². The number of hydrogen-bond donors (Lipinski definition) is 1. The van der Waals surface area contributed by atoms with E-state index in [0.717, 1.165) is 44.9 Å². The van der Waals surface area contributed by atoms with Crippen LogP contribution >= 0.6 is 0 Å². The maximum atomic E-state index is 13.2. The molecule has 4 aliphatic carbocycles. The Bertz CT molecular complexity index is 823. The maximum Gasteiger partial charge on any atom is 0.178 e. The van der Waals surface area contributed by atoms with Crippen LogP contribution in [0, 0.1) is 34.5 Å². The topological polar surface area (TPSA) is 63.6 Å². The third kappa shape index (κ3) is 3.75. The molecule has 0 aliphatic heterocycles. The summed E-state index contributed by atoms with van der Waals surface area (Å²) in [4.78, 5) is 25.1. The molecule has 0 aromatic carbocycles. The number of unbranched alkanes of at least 4 members (excludes halogenated alkanes) is 1. The maximum absolute atomic E-state index is 13.2. The molecular weight excluding hydrogens is 388 g/mol. The molecule has 4 rings (SSSR count). The number of aliphatic hydroxyl groups is 1. The standard InChI is InChI=1S/C27H38O4/c1-5-6-7-17(2)31-16-24(30)22-11-10-21-20-9-8-18-14-19(28)12-13-26(18,3)25(20)23(29)15-27(21,22)4/h12-14,20-23,25,29H,2,5-11,15-16H2,1,3-4H3. The summed E-state index contributed by atoms with van der Waals surface area (Å²) in [7, 11) is 0. The minimum Gasteiger partial charge on any atom is -0.491 e. The van der Waals surface area contributed by atoms with Crippen LogP contribution in [0.3, 0.4) is 0 Å². The smallest absolute Gasteiger partial charge is 0.178 e. The van der Waals surface area contributed by atoms with E-state index in [0.29, 0.717) is 24.0 Å².